The quantitative estimate of drug-likeness (QED) is 0.792. The Bertz CT molecular complexity index is 623. The summed E-state index contributed by atoms with van der Waals surface area (Å²) in [6.45, 7) is 6.22. The van der Waals surface area contributed by atoms with Gasteiger partial charge < -0.3 is 4.74 Å². The molecule has 2 rings (SSSR count). The number of halogens is 1. The van der Waals surface area contributed by atoms with Crippen molar-refractivity contribution >= 4 is 32.8 Å². The van der Waals surface area contributed by atoms with Crippen LogP contribution in [0.4, 0.5) is 0 Å². The predicted molar refractivity (Wildman–Crippen MR) is 74.9 cm³/mol. The van der Waals surface area contributed by atoms with Gasteiger partial charge in [0.2, 0.25) is 0 Å². The number of ether oxygens (including phenoxy) is 1. The van der Waals surface area contributed by atoms with Crippen LogP contribution in [-0.2, 0) is 4.74 Å². The van der Waals surface area contributed by atoms with Crippen LogP contribution in [0.5, 0.6) is 0 Å². The second-order valence-electron chi connectivity index (χ2n) is 4.11. The van der Waals surface area contributed by atoms with Crippen LogP contribution >= 0.6 is 15.9 Å². The van der Waals surface area contributed by atoms with Gasteiger partial charge in [0, 0.05) is 16.1 Å². The van der Waals surface area contributed by atoms with Crippen molar-refractivity contribution in [2.75, 3.05) is 6.61 Å². The molecule has 1 aromatic carbocycles. The summed E-state index contributed by atoms with van der Waals surface area (Å²) in [4.78, 5) is 16.1. The summed E-state index contributed by atoms with van der Waals surface area (Å²) < 4.78 is 5.75. The first kappa shape index (κ1) is 13.0. The number of nitrogens with zero attached hydrogens (tertiary/aromatic N) is 1. The summed E-state index contributed by atoms with van der Waals surface area (Å²) in [5, 5.41) is 0.934. The Morgan fingerprint density at radius 1 is 1.39 bits per heavy atom. The highest BCUT2D eigenvalue weighted by Crippen LogP contribution is 2.29. The summed E-state index contributed by atoms with van der Waals surface area (Å²) >= 11 is 3.47. The highest BCUT2D eigenvalue weighted by atomic mass is 79.9. The van der Waals surface area contributed by atoms with Crippen molar-refractivity contribution in [3.63, 3.8) is 0 Å². The van der Waals surface area contributed by atoms with Crippen molar-refractivity contribution in [3.05, 3.63) is 39.5 Å². The van der Waals surface area contributed by atoms with Crippen molar-refractivity contribution in [2.24, 2.45) is 0 Å². The lowest BCUT2D eigenvalue weighted by Crippen LogP contribution is -2.06. The van der Waals surface area contributed by atoms with Crippen LogP contribution in [0.15, 0.2) is 22.8 Å². The molecule has 0 aliphatic carbocycles. The molecule has 0 fully saturated rings. The van der Waals surface area contributed by atoms with Gasteiger partial charge in [-0.2, -0.15) is 0 Å². The summed E-state index contributed by atoms with van der Waals surface area (Å²) in [6.07, 6.45) is 1.57. The molecule has 18 heavy (non-hydrogen) atoms. The van der Waals surface area contributed by atoms with Gasteiger partial charge in [-0.1, -0.05) is 12.1 Å². The molecule has 94 valence electrons. The van der Waals surface area contributed by atoms with Gasteiger partial charge in [0.15, 0.2) is 0 Å². The smallest absolute Gasteiger partial charge is 0.340 e. The Balaban J connectivity index is 2.65. The second-order valence-corrected chi connectivity index (χ2v) is 4.90. The van der Waals surface area contributed by atoms with Gasteiger partial charge in [-0.15, -0.1) is 0 Å². The normalized spacial score (nSPS) is 10.7. The number of benzene rings is 1. The minimum atomic E-state index is -0.350. The van der Waals surface area contributed by atoms with E-state index in [1.54, 1.807) is 13.1 Å². The van der Waals surface area contributed by atoms with Crippen LogP contribution in [-0.4, -0.2) is 17.6 Å². The number of aryl methyl sites for hydroxylation is 2. The van der Waals surface area contributed by atoms with Gasteiger partial charge in [-0.25, -0.2) is 4.79 Å². The van der Waals surface area contributed by atoms with Gasteiger partial charge in [0.25, 0.3) is 0 Å². The van der Waals surface area contributed by atoms with Crippen molar-refractivity contribution in [3.8, 4) is 0 Å². The standard InChI is InChI=1S/C14H14BrNO2/c1-4-18-14(17)11-7-16-13-9(3)8(2)5-6-10(13)12(11)15/h5-7H,4H2,1-3H3. The van der Waals surface area contributed by atoms with Crippen LogP contribution < -0.4 is 0 Å². The molecule has 0 N–H and O–H groups in total. The van der Waals surface area contributed by atoms with Gasteiger partial charge in [0.1, 0.15) is 0 Å². The maximum atomic E-state index is 11.8. The number of pyridine rings is 1. The molecule has 0 atom stereocenters. The van der Waals surface area contributed by atoms with Crippen LogP contribution in [0.1, 0.15) is 28.4 Å². The van der Waals surface area contributed by atoms with E-state index in [2.05, 4.69) is 20.9 Å². The Morgan fingerprint density at radius 3 is 2.78 bits per heavy atom. The van der Waals surface area contributed by atoms with Crippen molar-refractivity contribution < 1.29 is 9.53 Å². The average Bonchev–Trinajstić information content (AvgIpc) is 2.34. The van der Waals surface area contributed by atoms with E-state index in [0.717, 1.165) is 20.9 Å². The van der Waals surface area contributed by atoms with E-state index in [4.69, 9.17) is 4.74 Å². The first-order valence-corrected chi connectivity index (χ1v) is 6.57. The molecule has 3 nitrogen and oxygen atoms in total. The molecule has 4 heteroatoms. The summed E-state index contributed by atoms with van der Waals surface area (Å²) in [5.74, 6) is -0.350. The van der Waals surface area contributed by atoms with E-state index >= 15 is 0 Å². The molecule has 0 bridgehead atoms. The second kappa shape index (κ2) is 5.06. The minimum Gasteiger partial charge on any atom is -0.462 e. The Morgan fingerprint density at radius 2 is 2.11 bits per heavy atom. The van der Waals surface area contributed by atoms with E-state index in [-0.39, 0.29) is 5.97 Å². The maximum absolute atomic E-state index is 11.8. The molecule has 2 aromatic rings. The number of hydrogen-bond donors (Lipinski definition) is 0. The number of fused-ring (bicyclic) bond motifs is 1. The largest absolute Gasteiger partial charge is 0.462 e. The van der Waals surface area contributed by atoms with Gasteiger partial charge >= 0.3 is 5.97 Å². The lowest BCUT2D eigenvalue weighted by molar-refractivity contribution is 0.0525. The number of aromatic nitrogens is 1. The zero-order chi connectivity index (χ0) is 13.3. The zero-order valence-electron chi connectivity index (χ0n) is 10.6. The SMILES string of the molecule is CCOC(=O)c1cnc2c(C)c(C)ccc2c1Br. The molecule has 1 aromatic heterocycles. The molecular formula is C14H14BrNO2. The number of carbonyl (C=O) groups is 1. The fraction of sp³-hybridized carbons (Fsp3) is 0.286. The maximum Gasteiger partial charge on any atom is 0.340 e. The number of carbonyl (C=O) groups excluding carboxylic acids is 1. The summed E-state index contributed by atoms with van der Waals surface area (Å²) in [5.41, 5.74) is 3.69. The third kappa shape index (κ3) is 2.12. The van der Waals surface area contributed by atoms with E-state index in [1.165, 1.54) is 5.56 Å². The number of rotatable bonds is 2. The molecule has 0 spiro atoms. The zero-order valence-corrected chi connectivity index (χ0v) is 12.2. The first-order valence-electron chi connectivity index (χ1n) is 5.77. The molecule has 0 radical (unpaired) electrons. The molecule has 0 saturated heterocycles. The van der Waals surface area contributed by atoms with E-state index in [1.807, 2.05) is 26.0 Å². The van der Waals surface area contributed by atoms with Crippen LogP contribution in [0.3, 0.4) is 0 Å². The Labute approximate surface area is 114 Å². The fourth-order valence-corrected chi connectivity index (χ4v) is 2.41. The topological polar surface area (TPSA) is 39.2 Å². The third-order valence-corrected chi connectivity index (χ3v) is 3.85. The van der Waals surface area contributed by atoms with Crippen LogP contribution in [0.2, 0.25) is 0 Å². The Hall–Kier alpha value is -1.42. The summed E-state index contributed by atoms with van der Waals surface area (Å²) in [6, 6.07) is 4.00. The van der Waals surface area contributed by atoms with Crippen molar-refractivity contribution in [1.82, 2.24) is 4.98 Å². The van der Waals surface area contributed by atoms with Crippen LogP contribution in [0, 0.1) is 13.8 Å². The lowest BCUT2D eigenvalue weighted by Gasteiger charge is -2.09. The number of esters is 1. The van der Waals surface area contributed by atoms with E-state index < -0.39 is 0 Å². The molecule has 0 amide bonds. The molecule has 0 aliphatic heterocycles. The highest BCUT2D eigenvalue weighted by Gasteiger charge is 2.15. The average molecular weight is 308 g/mol. The molecule has 0 saturated carbocycles. The van der Waals surface area contributed by atoms with Gasteiger partial charge in [-0.3, -0.25) is 4.98 Å². The van der Waals surface area contributed by atoms with E-state index in [9.17, 15) is 4.79 Å². The third-order valence-electron chi connectivity index (χ3n) is 2.99. The van der Waals surface area contributed by atoms with E-state index in [0.29, 0.717) is 12.2 Å². The Kier molecular flexibility index (Phi) is 3.66. The van der Waals surface area contributed by atoms with Gasteiger partial charge in [0.05, 0.1) is 17.7 Å². The number of hydrogen-bond acceptors (Lipinski definition) is 3. The highest BCUT2D eigenvalue weighted by molar-refractivity contribution is 9.10. The van der Waals surface area contributed by atoms with Crippen LogP contribution in [0.25, 0.3) is 10.9 Å². The van der Waals surface area contributed by atoms with Crippen molar-refractivity contribution in [2.45, 2.75) is 20.8 Å². The molecule has 1 heterocycles. The first-order chi connectivity index (χ1) is 8.56. The lowest BCUT2D eigenvalue weighted by atomic mass is 10.0. The summed E-state index contributed by atoms with van der Waals surface area (Å²) in [7, 11) is 0. The van der Waals surface area contributed by atoms with Gasteiger partial charge in [-0.05, 0) is 47.8 Å². The predicted octanol–water partition coefficient (Wildman–Crippen LogP) is 3.79. The monoisotopic (exact) mass is 307 g/mol. The minimum absolute atomic E-state index is 0.350. The molecular weight excluding hydrogens is 294 g/mol. The van der Waals surface area contributed by atoms with Crippen molar-refractivity contribution in [1.29, 1.82) is 0 Å². The fourth-order valence-electron chi connectivity index (χ4n) is 1.83. The molecule has 0 unspecified atom stereocenters. The molecule has 0 aliphatic rings.